The van der Waals surface area contributed by atoms with E-state index in [2.05, 4.69) is 74.7 Å². The van der Waals surface area contributed by atoms with E-state index < -0.39 is 0 Å². The Morgan fingerprint density at radius 1 is 0.889 bits per heavy atom. The molecule has 2 aromatic carbocycles. The number of unbranched alkanes of at least 4 members (excludes halogenated alkanes) is 1. The van der Waals surface area contributed by atoms with Crippen molar-refractivity contribution in [2.75, 3.05) is 26.2 Å². The van der Waals surface area contributed by atoms with Crippen LogP contribution in [-0.2, 0) is 19.6 Å². The van der Waals surface area contributed by atoms with Gasteiger partial charge < -0.3 is 0 Å². The molecule has 1 aliphatic rings. The molecule has 2 heterocycles. The smallest absolute Gasteiger partial charge is 0.165 e. The van der Waals surface area contributed by atoms with Gasteiger partial charge in [-0.1, -0.05) is 55.8 Å². The van der Waals surface area contributed by atoms with Crippen LogP contribution in [0.2, 0.25) is 0 Å². The Bertz CT molecular complexity index is 860. The second-order valence-electron chi connectivity index (χ2n) is 7.36. The number of hydrogen-bond acceptors (Lipinski definition) is 5. The highest BCUT2D eigenvalue weighted by Gasteiger charge is 2.19. The first-order valence-corrected chi connectivity index (χ1v) is 10.00. The molecule has 27 heavy (non-hydrogen) atoms. The standard InChI is InChI=1S/C21H28N6/c1-2-3-11-27-21(22-23-24-27)17-26-14-12-25(13-15-26)16-19-9-6-8-18-7-4-5-10-20(18)19/h4-10H,2-3,11-17H2,1H3. The molecule has 3 aromatic rings. The molecule has 0 atom stereocenters. The molecule has 6 heteroatoms. The van der Waals surface area contributed by atoms with E-state index in [0.717, 1.165) is 64.5 Å². The maximum Gasteiger partial charge on any atom is 0.165 e. The van der Waals surface area contributed by atoms with E-state index in [-0.39, 0.29) is 0 Å². The van der Waals surface area contributed by atoms with Crippen molar-refractivity contribution >= 4 is 10.8 Å². The Kier molecular flexibility index (Phi) is 5.75. The molecule has 0 bridgehead atoms. The van der Waals surface area contributed by atoms with E-state index in [9.17, 15) is 0 Å². The minimum absolute atomic E-state index is 0.846. The van der Waals surface area contributed by atoms with Gasteiger partial charge in [0.1, 0.15) is 0 Å². The minimum Gasteiger partial charge on any atom is -0.297 e. The van der Waals surface area contributed by atoms with Crippen LogP contribution in [-0.4, -0.2) is 56.2 Å². The number of tetrazole rings is 1. The molecular formula is C21H28N6. The van der Waals surface area contributed by atoms with Gasteiger partial charge in [-0.2, -0.15) is 0 Å². The molecule has 6 nitrogen and oxygen atoms in total. The SMILES string of the molecule is CCCCn1nnnc1CN1CCN(Cc2cccc3ccccc23)CC1. The highest BCUT2D eigenvalue weighted by molar-refractivity contribution is 5.85. The van der Waals surface area contributed by atoms with E-state index >= 15 is 0 Å². The first-order chi connectivity index (χ1) is 13.3. The molecule has 0 radical (unpaired) electrons. The van der Waals surface area contributed by atoms with E-state index in [0.29, 0.717) is 0 Å². The number of rotatable bonds is 7. The summed E-state index contributed by atoms with van der Waals surface area (Å²) < 4.78 is 1.96. The van der Waals surface area contributed by atoms with Crippen LogP contribution in [0.1, 0.15) is 31.2 Å². The average molecular weight is 364 g/mol. The van der Waals surface area contributed by atoms with Gasteiger partial charge in [-0.3, -0.25) is 9.80 Å². The van der Waals surface area contributed by atoms with Gasteiger partial charge in [0, 0.05) is 39.3 Å². The molecule has 4 rings (SSSR count). The van der Waals surface area contributed by atoms with Crippen LogP contribution in [0, 0.1) is 0 Å². The third kappa shape index (κ3) is 4.34. The maximum atomic E-state index is 4.23. The fourth-order valence-corrected chi connectivity index (χ4v) is 3.79. The molecule has 0 spiro atoms. The van der Waals surface area contributed by atoms with Gasteiger partial charge in [-0.15, -0.1) is 5.10 Å². The van der Waals surface area contributed by atoms with Crippen molar-refractivity contribution in [1.29, 1.82) is 0 Å². The highest BCUT2D eigenvalue weighted by Crippen LogP contribution is 2.20. The Balaban J connectivity index is 1.33. The van der Waals surface area contributed by atoms with Crippen LogP contribution in [0.5, 0.6) is 0 Å². The second-order valence-corrected chi connectivity index (χ2v) is 7.36. The van der Waals surface area contributed by atoms with Gasteiger partial charge in [0.25, 0.3) is 0 Å². The summed E-state index contributed by atoms with van der Waals surface area (Å²) in [5.74, 6) is 0.992. The number of aryl methyl sites for hydroxylation is 1. The first kappa shape index (κ1) is 18.1. The summed E-state index contributed by atoms with van der Waals surface area (Å²) in [6.07, 6.45) is 2.28. The van der Waals surface area contributed by atoms with Gasteiger partial charge in [-0.25, -0.2) is 4.68 Å². The lowest BCUT2D eigenvalue weighted by Crippen LogP contribution is -2.45. The van der Waals surface area contributed by atoms with Gasteiger partial charge in [0.15, 0.2) is 5.82 Å². The van der Waals surface area contributed by atoms with Gasteiger partial charge in [0.2, 0.25) is 0 Å². The highest BCUT2D eigenvalue weighted by atomic mass is 15.5. The van der Waals surface area contributed by atoms with Crippen molar-refractivity contribution in [2.24, 2.45) is 0 Å². The summed E-state index contributed by atoms with van der Waals surface area (Å²) in [5, 5.41) is 14.9. The van der Waals surface area contributed by atoms with Crippen LogP contribution in [0.4, 0.5) is 0 Å². The summed E-state index contributed by atoms with van der Waals surface area (Å²) in [6.45, 7) is 9.26. The Hall–Kier alpha value is -2.31. The molecule has 0 saturated carbocycles. The summed E-state index contributed by atoms with van der Waals surface area (Å²) in [6, 6.07) is 15.3. The summed E-state index contributed by atoms with van der Waals surface area (Å²) in [5.41, 5.74) is 1.42. The summed E-state index contributed by atoms with van der Waals surface area (Å²) in [4.78, 5) is 5.02. The molecular weight excluding hydrogens is 336 g/mol. The molecule has 142 valence electrons. The normalized spacial score (nSPS) is 16.2. The number of nitrogens with zero attached hydrogens (tertiary/aromatic N) is 6. The predicted molar refractivity (Wildman–Crippen MR) is 107 cm³/mol. The van der Waals surface area contributed by atoms with Crippen molar-refractivity contribution in [1.82, 2.24) is 30.0 Å². The molecule has 0 amide bonds. The number of piperazine rings is 1. The van der Waals surface area contributed by atoms with E-state index in [1.165, 1.54) is 16.3 Å². The van der Waals surface area contributed by atoms with Crippen LogP contribution < -0.4 is 0 Å². The first-order valence-electron chi connectivity index (χ1n) is 10.00. The van der Waals surface area contributed by atoms with Crippen LogP contribution in [0.3, 0.4) is 0 Å². The molecule has 0 aliphatic carbocycles. The molecule has 1 aliphatic heterocycles. The molecule has 1 saturated heterocycles. The Morgan fingerprint density at radius 2 is 1.63 bits per heavy atom. The average Bonchev–Trinajstić information content (AvgIpc) is 3.15. The Labute approximate surface area is 160 Å². The number of fused-ring (bicyclic) bond motifs is 1. The molecule has 0 unspecified atom stereocenters. The van der Waals surface area contributed by atoms with E-state index in [1.807, 2.05) is 4.68 Å². The molecule has 1 fully saturated rings. The van der Waals surface area contributed by atoms with Crippen molar-refractivity contribution in [3.8, 4) is 0 Å². The predicted octanol–water partition coefficient (Wildman–Crippen LogP) is 2.94. The summed E-state index contributed by atoms with van der Waals surface area (Å²) >= 11 is 0. The molecule has 1 aromatic heterocycles. The lowest BCUT2D eigenvalue weighted by atomic mass is 10.0. The van der Waals surface area contributed by atoms with E-state index in [1.54, 1.807) is 0 Å². The largest absolute Gasteiger partial charge is 0.297 e. The van der Waals surface area contributed by atoms with Gasteiger partial charge in [-0.05, 0) is 33.2 Å². The van der Waals surface area contributed by atoms with Gasteiger partial charge >= 0.3 is 0 Å². The van der Waals surface area contributed by atoms with Crippen LogP contribution in [0.15, 0.2) is 42.5 Å². The third-order valence-electron chi connectivity index (χ3n) is 5.43. The van der Waals surface area contributed by atoms with Crippen molar-refractivity contribution in [2.45, 2.75) is 39.4 Å². The third-order valence-corrected chi connectivity index (χ3v) is 5.43. The zero-order valence-corrected chi connectivity index (χ0v) is 16.1. The van der Waals surface area contributed by atoms with Crippen LogP contribution >= 0.6 is 0 Å². The van der Waals surface area contributed by atoms with Crippen LogP contribution in [0.25, 0.3) is 10.8 Å². The van der Waals surface area contributed by atoms with Gasteiger partial charge in [0.05, 0.1) is 6.54 Å². The number of hydrogen-bond donors (Lipinski definition) is 0. The quantitative estimate of drug-likeness (QED) is 0.645. The zero-order chi connectivity index (χ0) is 18.5. The summed E-state index contributed by atoms with van der Waals surface area (Å²) in [7, 11) is 0. The lowest BCUT2D eigenvalue weighted by Gasteiger charge is -2.34. The fourth-order valence-electron chi connectivity index (χ4n) is 3.79. The van der Waals surface area contributed by atoms with Crippen molar-refractivity contribution < 1.29 is 0 Å². The fraction of sp³-hybridized carbons (Fsp3) is 0.476. The number of aromatic nitrogens is 4. The number of benzene rings is 2. The monoisotopic (exact) mass is 364 g/mol. The topological polar surface area (TPSA) is 50.1 Å². The second kappa shape index (κ2) is 8.59. The van der Waals surface area contributed by atoms with Crippen molar-refractivity contribution in [3.05, 3.63) is 53.9 Å². The lowest BCUT2D eigenvalue weighted by molar-refractivity contribution is 0.118. The van der Waals surface area contributed by atoms with E-state index in [4.69, 9.17) is 0 Å². The van der Waals surface area contributed by atoms with Crippen molar-refractivity contribution in [3.63, 3.8) is 0 Å². The Morgan fingerprint density at radius 3 is 2.44 bits per heavy atom. The molecule has 0 N–H and O–H groups in total. The minimum atomic E-state index is 0.846. The maximum absolute atomic E-state index is 4.23. The zero-order valence-electron chi connectivity index (χ0n) is 16.1.